The molecule has 0 spiro atoms. The van der Waals surface area contributed by atoms with Crippen molar-refractivity contribution in [3.8, 4) is 33.4 Å². The van der Waals surface area contributed by atoms with E-state index in [0.29, 0.717) is 0 Å². The number of hydrogen-bond acceptors (Lipinski definition) is 0. The summed E-state index contributed by atoms with van der Waals surface area (Å²) >= 11 is 0. The van der Waals surface area contributed by atoms with Crippen molar-refractivity contribution < 1.29 is 0 Å². The van der Waals surface area contributed by atoms with Crippen LogP contribution in [0.25, 0.3) is 54.9 Å². The van der Waals surface area contributed by atoms with Gasteiger partial charge in [0.25, 0.3) is 0 Å². The standard InChI is InChI=1S/C35H26/c1-35(2)33-21-26(23-8-4-3-5-9-23)15-18-31(33)32-19-16-27(22-34(32)35)25-14-17-30-28(20-25)13-12-24-10-6-7-11-29(24)30/h3-22H,1-2H3. The quantitative estimate of drug-likeness (QED) is 0.232. The van der Waals surface area contributed by atoms with Gasteiger partial charge < -0.3 is 0 Å². The summed E-state index contributed by atoms with van der Waals surface area (Å²) in [6.07, 6.45) is 0. The predicted octanol–water partition coefficient (Wildman–Crippen LogP) is 9.63. The van der Waals surface area contributed by atoms with Crippen LogP contribution in [0.2, 0.25) is 0 Å². The molecule has 0 fully saturated rings. The summed E-state index contributed by atoms with van der Waals surface area (Å²) in [6, 6.07) is 44.7. The van der Waals surface area contributed by atoms with Gasteiger partial charge in [-0.25, -0.2) is 0 Å². The van der Waals surface area contributed by atoms with Crippen molar-refractivity contribution >= 4 is 21.5 Å². The second-order valence-electron chi connectivity index (χ2n) is 10.2. The van der Waals surface area contributed by atoms with E-state index in [1.807, 2.05) is 0 Å². The van der Waals surface area contributed by atoms with Gasteiger partial charge in [-0.15, -0.1) is 0 Å². The molecule has 0 aromatic heterocycles. The van der Waals surface area contributed by atoms with E-state index in [2.05, 4.69) is 135 Å². The van der Waals surface area contributed by atoms with Crippen LogP contribution in [0.4, 0.5) is 0 Å². The second kappa shape index (κ2) is 7.42. The topological polar surface area (TPSA) is 0 Å². The van der Waals surface area contributed by atoms with Gasteiger partial charge in [-0.1, -0.05) is 117 Å². The minimum atomic E-state index is -0.0431. The Hall–Kier alpha value is -4.16. The minimum Gasteiger partial charge on any atom is -0.0622 e. The molecule has 1 aliphatic rings. The van der Waals surface area contributed by atoms with Gasteiger partial charge in [0.2, 0.25) is 0 Å². The fraction of sp³-hybridized carbons (Fsp3) is 0.0857. The number of fused-ring (bicyclic) bond motifs is 6. The third-order valence-corrected chi connectivity index (χ3v) is 7.86. The van der Waals surface area contributed by atoms with Crippen molar-refractivity contribution in [2.45, 2.75) is 19.3 Å². The van der Waals surface area contributed by atoms with E-state index in [9.17, 15) is 0 Å². The molecular weight excluding hydrogens is 420 g/mol. The summed E-state index contributed by atoms with van der Waals surface area (Å²) < 4.78 is 0. The third-order valence-electron chi connectivity index (χ3n) is 7.86. The highest BCUT2D eigenvalue weighted by atomic mass is 14.4. The molecule has 0 heteroatoms. The van der Waals surface area contributed by atoms with Crippen LogP contribution in [0.3, 0.4) is 0 Å². The summed E-state index contributed by atoms with van der Waals surface area (Å²) in [7, 11) is 0. The smallest absolute Gasteiger partial charge is 0.0159 e. The van der Waals surface area contributed by atoms with E-state index >= 15 is 0 Å². The summed E-state index contributed by atoms with van der Waals surface area (Å²) in [5.74, 6) is 0. The van der Waals surface area contributed by atoms with Crippen LogP contribution < -0.4 is 0 Å². The van der Waals surface area contributed by atoms with Gasteiger partial charge in [-0.3, -0.25) is 0 Å². The van der Waals surface area contributed by atoms with Crippen LogP contribution >= 0.6 is 0 Å². The van der Waals surface area contributed by atoms with Gasteiger partial charge in [-0.2, -0.15) is 0 Å². The van der Waals surface area contributed by atoms with Crippen LogP contribution in [-0.4, -0.2) is 0 Å². The molecule has 0 radical (unpaired) electrons. The van der Waals surface area contributed by atoms with Crippen molar-refractivity contribution in [1.29, 1.82) is 0 Å². The Morgan fingerprint density at radius 1 is 0.400 bits per heavy atom. The average molecular weight is 447 g/mol. The Labute approximate surface area is 206 Å². The number of rotatable bonds is 2. The molecule has 0 bridgehead atoms. The molecule has 7 rings (SSSR count). The summed E-state index contributed by atoms with van der Waals surface area (Å²) in [4.78, 5) is 0. The largest absolute Gasteiger partial charge is 0.0622 e. The molecule has 0 saturated heterocycles. The molecule has 1 aliphatic carbocycles. The maximum atomic E-state index is 2.42. The third kappa shape index (κ3) is 3.07. The molecule has 35 heavy (non-hydrogen) atoms. The molecule has 0 unspecified atom stereocenters. The van der Waals surface area contributed by atoms with Crippen LogP contribution in [0.15, 0.2) is 121 Å². The average Bonchev–Trinajstić information content (AvgIpc) is 3.14. The number of benzene rings is 6. The van der Waals surface area contributed by atoms with Crippen LogP contribution in [-0.2, 0) is 5.41 Å². The fourth-order valence-electron chi connectivity index (χ4n) is 5.92. The molecule has 0 nitrogen and oxygen atoms in total. The molecule has 6 aromatic carbocycles. The Morgan fingerprint density at radius 2 is 0.943 bits per heavy atom. The lowest BCUT2D eigenvalue weighted by molar-refractivity contribution is 0.661. The van der Waals surface area contributed by atoms with E-state index in [1.54, 1.807) is 0 Å². The van der Waals surface area contributed by atoms with E-state index in [4.69, 9.17) is 0 Å². The first kappa shape index (κ1) is 20.2. The highest BCUT2D eigenvalue weighted by Gasteiger charge is 2.35. The highest BCUT2D eigenvalue weighted by Crippen LogP contribution is 2.50. The van der Waals surface area contributed by atoms with Crippen molar-refractivity contribution in [1.82, 2.24) is 0 Å². The Balaban J connectivity index is 1.33. The maximum absolute atomic E-state index is 2.42. The van der Waals surface area contributed by atoms with E-state index in [0.717, 1.165) is 0 Å². The monoisotopic (exact) mass is 446 g/mol. The van der Waals surface area contributed by atoms with Crippen molar-refractivity contribution in [3.63, 3.8) is 0 Å². The highest BCUT2D eigenvalue weighted by molar-refractivity contribution is 6.08. The summed E-state index contributed by atoms with van der Waals surface area (Å²) in [5, 5.41) is 5.21. The van der Waals surface area contributed by atoms with Gasteiger partial charge in [0, 0.05) is 5.41 Å². The van der Waals surface area contributed by atoms with Gasteiger partial charge >= 0.3 is 0 Å². The lowest BCUT2D eigenvalue weighted by Gasteiger charge is -2.22. The van der Waals surface area contributed by atoms with Crippen LogP contribution in [0.5, 0.6) is 0 Å². The molecule has 6 aromatic rings. The Morgan fingerprint density at radius 3 is 1.69 bits per heavy atom. The predicted molar refractivity (Wildman–Crippen MR) is 150 cm³/mol. The first-order valence-corrected chi connectivity index (χ1v) is 12.4. The first-order valence-electron chi connectivity index (χ1n) is 12.4. The zero-order valence-corrected chi connectivity index (χ0v) is 20.0. The van der Waals surface area contributed by atoms with Crippen molar-refractivity contribution in [3.05, 3.63) is 132 Å². The molecule has 0 aliphatic heterocycles. The van der Waals surface area contributed by atoms with Gasteiger partial charge in [0.1, 0.15) is 0 Å². The molecule has 0 N–H and O–H groups in total. The van der Waals surface area contributed by atoms with Crippen LogP contribution in [0, 0.1) is 0 Å². The summed E-state index contributed by atoms with van der Waals surface area (Å²) in [6.45, 7) is 4.73. The van der Waals surface area contributed by atoms with E-state index in [1.165, 1.54) is 66.1 Å². The molecule has 0 saturated carbocycles. The zero-order valence-electron chi connectivity index (χ0n) is 20.0. The van der Waals surface area contributed by atoms with E-state index < -0.39 is 0 Å². The molecular formula is C35H26. The first-order chi connectivity index (χ1) is 17.1. The molecule has 166 valence electrons. The van der Waals surface area contributed by atoms with Gasteiger partial charge in [0.05, 0.1) is 0 Å². The Bertz CT molecular complexity index is 1750. The SMILES string of the molecule is CC1(C)c2cc(-c3ccccc3)ccc2-c2ccc(-c3ccc4c(ccc5ccccc54)c3)cc21. The lowest BCUT2D eigenvalue weighted by atomic mass is 9.81. The second-order valence-corrected chi connectivity index (χ2v) is 10.2. The molecule has 0 atom stereocenters. The number of hydrogen-bond donors (Lipinski definition) is 0. The fourth-order valence-corrected chi connectivity index (χ4v) is 5.92. The minimum absolute atomic E-state index is 0.0431. The summed E-state index contributed by atoms with van der Waals surface area (Å²) in [5.41, 5.74) is 10.6. The lowest BCUT2D eigenvalue weighted by Crippen LogP contribution is -2.15. The molecule has 0 heterocycles. The van der Waals surface area contributed by atoms with Crippen molar-refractivity contribution in [2.75, 3.05) is 0 Å². The normalized spacial score (nSPS) is 13.7. The van der Waals surface area contributed by atoms with Gasteiger partial charge in [-0.05, 0) is 84.3 Å². The van der Waals surface area contributed by atoms with Crippen LogP contribution in [0.1, 0.15) is 25.0 Å². The zero-order chi connectivity index (χ0) is 23.6. The van der Waals surface area contributed by atoms with Crippen molar-refractivity contribution in [2.24, 2.45) is 0 Å². The Kier molecular flexibility index (Phi) is 4.29. The molecule has 0 amide bonds. The maximum Gasteiger partial charge on any atom is 0.0159 e. The van der Waals surface area contributed by atoms with E-state index in [-0.39, 0.29) is 5.41 Å². The van der Waals surface area contributed by atoms with Gasteiger partial charge in [0.15, 0.2) is 0 Å².